The Hall–Kier alpha value is -0.0500. The number of hydrogen-bond acceptors (Lipinski definition) is 2. The highest BCUT2D eigenvalue weighted by Crippen LogP contribution is 2.08. The second-order valence-electron chi connectivity index (χ2n) is 2.63. The molecule has 0 N–H and O–H groups in total. The summed E-state index contributed by atoms with van der Waals surface area (Å²) in [4.78, 5) is 3.69. The minimum absolute atomic E-state index is 0. The average molecular weight is 192 g/mol. The minimum atomic E-state index is 0. The summed E-state index contributed by atoms with van der Waals surface area (Å²) in [6.45, 7) is 1.15. The Labute approximate surface area is 78.4 Å². The van der Waals surface area contributed by atoms with Crippen LogP contribution < -0.4 is 0 Å². The van der Waals surface area contributed by atoms with Crippen molar-refractivity contribution in [2.24, 2.45) is 0 Å². The van der Waals surface area contributed by atoms with Crippen LogP contribution in [-0.4, -0.2) is 25.5 Å². The molecule has 1 rings (SSSR count). The Balaban J connectivity index is 0.000001000. The molecule has 0 aliphatic carbocycles. The summed E-state index contributed by atoms with van der Waals surface area (Å²) in [5.41, 5.74) is 0. The molecular weight excluding hydrogens is 178 g/mol. The summed E-state index contributed by atoms with van der Waals surface area (Å²) >= 11 is 1.84. The molecule has 0 saturated carbocycles. The van der Waals surface area contributed by atoms with Gasteiger partial charge in [-0.15, -0.1) is 23.7 Å². The number of likely N-dealkylation sites (N-methyl/N-ethyl adjacent to an activating group) is 1. The first-order valence-corrected chi connectivity index (χ1v) is 4.34. The summed E-state index contributed by atoms with van der Waals surface area (Å²) < 4.78 is 0. The van der Waals surface area contributed by atoms with Crippen molar-refractivity contribution >= 4 is 23.7 Å². The van der Waals surface area contributed by atoms with Crippen molar-refractivity contribution in [1.29, 1.82) is 0 Å². The van der Waals surface area contributed by atoms with Gasteiger partial charge in [0.05, 0.1) is 0 Å². The SMILES string of the molecule is CN(C)CCc1cccs1.Cl. The van der Waals surface area contributed by atoms with Crippen LogP contribution in [0.5, 0.6) is 0 Å². The molecule has 0 aliphatic rings. The van der Waals surface area contributed by atoms with E-state index in [-0.39, 0.29) is 12.4 Å². The third-order valence-electron chi connectivity index (χ3n) is 1.39. The quantitative estimate of drug-likeness (QED) is 0.709. The fourth-order valence-corrected chi connectivity index (χ4v) is 1.49. The molecule has 0 saturated heterocycles. The van der Waals surface area contributed by atoms with E-state index >= 15 is 0 Å². The third-order valence-corrected chi connectivity index (χ3v) is 2.32. The van der Waals surface area contributed by atoms with Crippen molar-refractivity contribution in [3.63, 3.8) is 0 Å². The van der Waals surface area contributed by atoms with Crippen LogP contribution in [0.15, 0.2) is 17.5 Å². The van der Waals surface area contributed by atoms with Crippen LogP contribution in [0.4, 0.5) is 0 Å². The van der Waals surface area contributed by atoms with Crippen LogP contribution in [-0.2, 0) is 6.42 Å². The van der Waals surface area contributed by atoms with Crippen molar-refractivity contribution in [3.8, 4) is 0 Å². The first-order chi connectivity index (χ1) is 4.79. The monoisotopic (exact) mass is 191 g/mol. The van der Waals surface area contributed by atoms with Gasteiger partial charge in [0, 0.05) is 11.4 Å². The molecule has 0 unspecified atom stereocenters. The van der Waals surface area contributed by atoms with E-state index in [1.807, 2.05) is 11.3 Å². The maximum absolute atomic E-state index is 2.21. The summed E-state index contributed by atoms with van der Waals surface area (Å²) in [5, 5.41) is 2.13. The normalized spacial score (nSPS) is 9.73. The molecular formula is C8H14ClNS. The van der Waals surface area contributed by atoms with E-state index in [9.17, 15) is 0 Å². The predicted octanol–water partition coefficient (Wildman–Crippen LogP) is 2.27. The van der Waals surface area contributed by atoms with Gasteiger partial charge in [0.2, 0.25) is 0 Å². The van der Waals surface area contributed by atoms with E-state index in [0.717, 1.165) is 6.54 Å². The standard InChI is InChI=1S/C8H13NS.ClH/c1-9(2)6-5-8-4-3-7-10-8;/h3-4,7H,5-6H2,1-2H3;1H. The van der Waals surface area contributed by atoms with Crippen molar-refractivity contribution < 1.29 is 0 Å². The van der Waals surface area contributed by atoms with E-state index < -0.39 is 0 Å². The maximum Gasteiger partial charge on any atom is 0.00579 e. The molecule has 0 atom stereocenters. The predicted molar refractivity (Wildman–Crippen MR) is 53.8 cm³/mol. The Morgan fingerprint density at radius 2 is 2.18 bits per heavy atom. The van der Waals surface area contributed by atoms with Crippen LogP contribution in [0, 0.1) is 0 Å². The molecule has 0 aliphatic heterocycles. The lowest BCUT2D eigenvalue weighted by Crippen LogP contribution is -2.14. The lowest BCUT2D eigenvalue weighted by Gasteiger charge is -2.06. The topological polar surface area (TPSA) is 3.24 Å². The zero-order valence-corrected chi connectivity index (χ0v) is 8.54. The van der Waals surface area contributed by atoms with Crippen LogP contribution >= 0.6 is 23.7 Å². The van der Waals surface area contributed by atoms with E-state index in [0.29, 0.717) is 0 Å². The van der Waals surface area contributed by atoms with Crippen LogP contribution in [0.1, 0.15) is 4.88 Å². The van der Waals surface area contributed by atoms with Crippen molar-refractivity contribution in [2.45, 2.75) is 6.42 Å². The molecule has 0 aromatic carbocycles. The van der Waals surface area contributed by atoms with Gasteiger partial charge < -0.3 is 4.90 Å². The van der Waals surface area contributed by atoms with Crippen molar-refractivity contribution in [1.82, 2.24) is 4.90 Å². The molecule has 11 heavy (non-hydrogen) atoms. The van der Waals surface area contributed by atoms with Gasteiger partial charge in [-0.05, 0) is 32.0 Å². The van der Waals surface area contributed by atoms with Gasteiger partial charge >= 0.3 is 0 Å². The number of hydrogen-bond donors (Lipinski definition) is 0. The first kappa shape index (κ1) is 11.0. The summed E-state index contributed by atoms with van der Waals surface area (Å²) in [5.74, 6) is 0. The van der Waals surface area contributed by atoms with E-state index in [4.69, 9.17) is 0 Å². The number of halogens is 1. The molecule has 0 bridgehead atoms. The van der Waals surface area contributed by atoms with Gasteiger partial charge in [-0.2, -0.15) is 0 Å². The Kier molecular flexibility index (Phi) is 5.56. The van der Waals surface area contributed by atoms with Crippen LogP contribution in [0.2, 0.25) is 0 Å². The minimum Gasteiger partial charge on any atom is -0.309 e. The van der Waals surface area contributed by atoms with Gasteiger partial charge in [-0.25, -0.2) is 0 Å². The number of thiophene rings is 1. The molecule has 0 radical (unpaired) electrons. The smallest absolute Gasteiger partial charge is 0.00579 e. The molecule has 64 valence electrons. The van der Waals surface area contributed by atoms with Gasteiger partial charge in [-0.3, -0.25) is 0 Å². The van der Waals surface area contributed by atoms with Crippen LogP contribution in [0.3, 0.4) is 0 Å². The fourth-order valence-electron chi connectivity index (χ4n) is 0.789. The molecule has 1 aromatic rings. The van der Waals surface area contributed by atoms with Gasteiger partial charge in [0.25, 0.3) is 0 Å². The van der Waals surface area contributed by atoms with Gasteiger partial charge in [0.15, 0.2) is 0 Å². The number of rotatable bonds is 3. The first-order valence-electron chi connectivity index (χ1n) is 3.46. The molecule has 0 amide bonds. The number of nitrogens with zero attached hydrogens (tertiary/aromatic N) is 1. The largest absolute Gasteiger partial charge is 0.309 e. The highest BCUT2D eigenvalue weighted by molar-refractivity contribution is 7.09. The lowest BCUT2D eigenvalue weighted by molar-refractivity contribution is 0.415. The Morgan fingerprint density at radius 1 is 1.45 bits per heavy atom. The van der Waals surface area contributed by atoms with Gasteiger partial charge in [0.1, 0.15) is 0 Å². The fraction of sp³-hybridized carbons (Fsp3) is 0.500. The second-order valence-corrected chi connectivity index (χ2v) is 3.66. The Morgan fingerprint density at radius 3 is 2.64 bits per heavy atom. The molecule has 1 aromatic heterocycles. The highest BCUT2D eigenvalue weighted by Gasteiger charge is 1.93. The zero-order chi connectivity index (χ0) is 7.40. The highest BCUT2D eigenvalue weighted by atomic mass is 35.5. The molecule has 1 nitrogen and oxygen atoms in total. The Bertz CT molecular complexity index is 172. The van der Waals surface area contributed by atoms with E-state index in [2.05, 4.69) is 36.5 Å². The zero-order valence-electron chi connectivity index (χ0n) is 6.91. The van der Waals surface area contributed by atoms with E-state index in [1.54, 1.807) is 0 Å². The summed E-state index contributed by atoms with van der Waals surface area (Å²) in [7, 11) is 4.21. The molecule has 1 heterocycles. The maximum atomic E-state index is 2.21. The average Bonchev–Trinajstić information content (AvgIpc) is 2.34. The summed E-state index contributed by atoms with van der Waals surface area (Å²) in [6, 6.07) is 4.30. The second kappa shape index (κ2) is 5.58. The van der Waals surface area contributed by atoms with Crippen molar-refractivity contribution in [2.75, 3.05) is 20.6 Å². The molecule has 3 heteroatoms. The van der Waals surface area contributed by atoms with E-state index in [1.165, 1.54) is 11.3 Å². The third kappa shape index (κ3) is 4.40. The summed E-state index contributed by atoms with van der Waals surface area (Å²) in [6.07, 6.45) is 1.19. The molecule has 0 fully saturated rings. The lowest BCUT2D eigenvalue weighted by atomic mass is 10.3. The van der Waals surface area contributed by atoms with Crippen LogP contribution in [0.25, 0.3) is 0 Å². The van der Waals surface area contributed by atoms with Gasteiger partial charge in [-0.1, -0.05) is 6.07 Å². The molecule has 0 spiro atoms. The van der Waals surface area contributed by atoms with Crippen molar-refractivity contribution in [3.05, 3.63) is 22.4 Å².